The van der Waals surface area contributed by atoms with Gasteiger partial charge in [-0.25, -0.2) is 0 Å². The van der Waals surface area contributed by atoms with Gasteiger partial charge < -0.3 is 4.74 Å². The molecule has 1 saturated heterocycles. The Kier molecular flexibility index (Phi) is 5.40. The largest absolute Gasteiger partial charge is 0.460 e. The molecule has 0 N–H and O–H groups in total. The van der Waals surface area contributed by atoms with Crippen LogP contribution in [0, 0.1) is 17.8 Å². The summed E-state index contributed by atoms with van der Waals surface area (Å²) >= 11 is 0. The first-order valence-electron chi connectivity index (χ1n) is 7.86. The van der Waals surface area contributed by atoms with Gasteiger partial charge in [-0.2, -0.15) is 57.1 Å². The molecule has 174 valence electrons. The SMILES string of the molecule is O=C1OC(=O)C2CC(C(F)(F)C(F)(F)C(F)(F)C(F)(F)C(F)(F)C(F)(F)F)CCC12. The Bertz CT molecular complexity index is 727. The van der Waals surface area contributed by atoms with Crippen LogP contribution >= 0.6 is 0 Å². The van der Waals surface area contributed by atoms with Crippen molar-refractivity contribution in [2.75, 3.05) is 0 Å². The van der Waals surface area contributed by atoms with Crippen molar-refractivity contribution < 1.29 is 71.4 Å². The molecule has 2 rings (SSSR count). The van der Waals surface area contributed by atoms with Crippen LogP contribution in [0.3, 0.4) is 0 Å². The van der Waals surface area contributed by atoms with Crippen LogP contribution in [0.4, 0.5) is 57.1 Å². The molecule has 0 amide bonds. The molecule has 0 aromatic heterocycles. The van der Waals surface area contributed by atoms with Gasteiger partial charge in [-0.1, -0.05) is 0 Å². The van der Waals surface area contributed by atoms with Gasteiger partial charge >= 0.3 is 47.7 Å². The highest BCUT2D eigenvalue weighted by molar-refractivity contribution is 5.96. The molecule has 2 fully saturated rings. The molecule has 1 aliphatic carbocycles. The van der Waals surface area contributed by atoms with Crippen LogP contribution in [0.5, 0.6) is 0 Å². The van der Waals surface area contributed by atoms with E-state index in [4.69, 9.17) is 0 Å². The highest BCUT2D eigenvalue weighted by Gasteiger charge is 2.91. The fourth-order valence-corrected chi connectivity index (χ4v) is 3.33. The minimum atomic E-state index is -7.97. The summed E-state index contributed by atoms with van der Waals surface area (Å²) in [6, 6.07) is 0. The molecular weight excluding hydrogens is 463 g/mol. The van der Waals surface area contributed by atoms with Crippen LogP contribution in [-0.4, -0.2) is 47.7 Å². The molecule has 2 aliphatic rings. The number of carbonyl (C=O) groups is 2. The van der Waals surface area contributed by atoms with Gasteiger partial charge in [0.1, 0.15) is 0 Å². The third-order valence-corrected chi connectivity index (χ3v) is 5.13. The number of esters is 2. The Labute approximate surface area is 157 Å². The van der Waals surface area contributed by atoms with Gasteiger partial charge in [0.05, 0.1) is 11.8 Å². The second kappa shape index (κ2) is 6.61. The van der Waals surface area contributed by atoms with Crippen molar-refractivity contribution in [3.63, 3.8) is 0 Å². The smallest absolute Gasteiger partial charge is 0.393 e. The van der Waals surface area contributed by atoms with Crippen molar-refractivity contribution in [2.24, 2.45) is 17.8 Å². The summed E-state index contributed by atoms with van der Waals surface area (Å²) in [6.07, 6.45) is -11.0. The van der Waals surface area contributed by atoms with Crippen LogP contribution in [0.15, 0.2) is 0 Å². The standard InChI is InChI=1S/C14H9F13O3/c15-9(16,4-1-2-5-6(3-4)8(29)30-7(5)28)10(17,18)11(19,20)12(21,22)13(23,24)14(25,26)27/h4-6H,1-3H2. The van der Waals surface area contributed by atoms with E-state index in [9.17, 15) is 66.7 Å². The number of ether oxygens (including phenoxy) is 1. The number of hydrogen-bond donors (Lipinski definition) is 0. The summed E-state index contributed by atoms with van der Waals surface area (Å²) < 4.78 is 175. The fraction of sp³-hybridized carbons (Fsp3) is 0.857. The molecule has 1 saturated carbocycles. The van der Waals surface area contributed by atoms with Gasteiger partial charge in [-0.05, 0) is 19.3 Å². The first-order valence-corrected chi connectivity index (χ1v) is 7.86. The maximum Gasteiger partial charge on any atom is 0.460 e. The van der Waals surface area contributed by atoms with Crippen LogP contribution in [-0.2, 0) is 14.3 Å². The van der Waals surface area contributed by atoms with E-state index in [0.29, 0.717) is 0 Å². The average Bonchev–Trinajstić information content (AvgIpc) is 2.87. The number of fused-ring (bicyclic) bond motifs is 1. The Hall–Kier alpha value is -1.77. The third kappa shape index (κ3) is 3.03. The molecule has 3 unspecified atom stereocenters. The van der Waals surface area contributed by atoms with Crippen LogP contribution < -0.4 is 0 Å². The molecular formula is C14H9F13O3. The molecule has 1 aliphatic heterocycles. The van der Waals surface area contributed by atoms with Gasteiger partial charge in [0.2, 0.25) is 0 Å². The minimum Gasteiger partial charge on any atom is -0.393 e. The van der Waals surface area contributed by atoms with E-state index in [0.717, 1.165) is 0 Å². The highest BCUT2D eigenvalue weighted by atomic mass is 19.4. The van der Waals surface area contributed by atoms with Crippen LogP contribution in [0.25, 0.3) is 0 Å². The minimum absolute atomic E-state index is 0.799. The summed E-state index contributed by atoms with van der Waals surface area (Å²) in [5, 5.41) is 0. The van der Waals surface area contributed by atoms with Gasteiger partial charge in [0.15, 0.2) is 0 Å². The molecule has 0 aromatic carbocycles. The van der Waals surface area contributed by atoms with Crippen LogP contribution in [0.2, 0.25) is 0 Å². The Balaban J connectivity index is 2.42. The molecule has 3 atom stereocenters. The quantitative estimate of drug-likeness (QED) is 0.327. The predicted molar refractivity (Wildman–Crippen MR) is 66.2 cm³/mol. The first kappa shape index (κ1) is 24.5. The van der Waals surface area contributed by atoms with Crippen molar-refractivity contribution in [2.45, 2.75) is 55.1 Å². The Morgan fingerprint density at radius 3 is 1.50 bits per heavy atom. The Morgan fingerprint density at radius 1 is 0.600 bits per heavy atom. The predicted octanol–water partition coefficient (Wildman–Crippen LogP) is 4.84. The molecule has 0 spiro atoms. The van der Waals surface area contributed by atoms with Crippen molar-refractivity contribution in [1.29, 1.82) is 0 Å². The Morgan fingerprint density at radius 2 is 1.03 bits per heavy atom. The third-order valence-electron chi connectivity index (χ3n) is 5.13. The number of hydrogen-bond acceptors (Lipinski definition) is 3. The molecule has 16 heteroatoms. The van der Waals surface area contributed by atoms with E-state index in [1.54, 1.807) is 0 Å². The second-order valence-corrected chi connectivity index (χ2v) is 6.88. The number of rotatable bonds is 5. The number of alkyl halides is 13. The normalized spacial score (nSPS) is 27.2. The summed E-state index contributed by atoms with van der Waals surface area (Å²) in [6.45, 7) is 0. The number of carbonyl (C=O) groups excluding carboxylic acids is 2. The molecule has 0 bridgehead atoms. The molecule has 3 nitrogen and oxygen atoms in total. The topological polar surface area (TPSA) is 43.4 Å². The van der Waals surface area contributed by atoms with Crippen molar-refractivity contribution >= 4 is 11.9 Å². The van der Waals surface area contributed by atoms with Crippen molar-refractivity contribution in [1.82, 2.24) is 0 Å². The molecule has 1 heterocycles. The van der Waals surface area contributed by atoms with Gasteiger partial charge in [-0.3, -0.25) is 9.59 Å². The van der Waals surface area contributed by atoms with Crippen LogP contribution in [0.1, 0.15) is 19.3 Å². The lowest BCUT2D eigenvalue weighted by Gasteiger charge is -2.43. The second-order valence-electron chi connectivity index (χ2n) is 6.88. The summed E-state index contributed by atoms with van der Waals surface area (Å²) in [4.78, 5) is 22.7. The van der Waals surface area contributed by atoms with E-state index >= 15 is 0 Å². The maximum absolute atomic E-state index is 14.2. The van der Waals surface area contributed by atoms with E-state index in [2.05, 4.69) is 4.74 Å². The summed E-state index contributed by atoms with van der Waals surface area (Å²) in [5.74, 6) is -46.2. The lowest BCUT2D eigenvalue weighted by Crippen LogP contribution is -2.71. The average molecular weight is 472 g/mol. The van der Waals surface area contributed by atoms with Crippen molar-refractivity contribution in [3.05, 3.63) is 0 Å². The fourth-order valence-electron chi connectivity index (χ4n) is 3.33. The van der Waals surface area contributed by atoms with E-state index in [1.807, 2.05) is 0 Å². The molecule has 0 aromatic rings. The number of halogens is 13. The molecule has 0 radical (unpaired) electrons. The van der Waals surface area contributed by atoms with Gasteiger partial charge in [-0.15, -0.1) is 0 Å². The lowest BCUT2D eigenvalue weighted by atomic mass is 9.71. The summed E-state index contributed by atoms with van der Waals surface area (Å²) in [7, 11) is 0. The maximum atomic E-state index is 14.2. The van der Waals surface area contributed by atoms with E-state index in [-0.39, 0.29) is 0 Å². The van der Waals surface area contributed by atoms with E-state index < -0.39 is 84.7 Å². The zero-order valence-electron chi connectivity index (χ0n) is 14.0. The lowest BCUT2D eigenvalue weighted by molar-refractivity contribution is -0.443. The highest BCUT2D eigenvalue weighted by Crippen LogP contribution is 2.62. The zero-order valence-corrected chi connectivity index (χ0v) is 14.0. The summed E-state index contributed by atoms with van der Waals surface area (Å²) in [5.41, 5.74) is 0. The van der Waals surface area contributed by atoms with Crippen molar-refractivity contribution in [3.8, 4) is 0 Å². The van der Waals surface area contributed by atoms with Gasteiger partial charge in [0, 0.05) is 5.92 Å². The molecule has 30 heavy (non-hydrogen) atoms. The zero-order chi connectivity index (χ0) is 23.7. The van der Waals surface area contributed by atoms with Gasteiger partial charge in [0.25, 0.3) is 0 Å². The van der Waals surface area contributed by atoms with E-state index in [1.165, 1.54) is 0 Å². The number of cyclic esters (lactones) is 2. The monoisotopic (exact) mass is 472 g/mol. The first-order chi connectivity index (χ1) is 13.1.